The van der Waals surface area contributed by atoms with Crippen LogP contribution in [0.25, 0.3) is 0 Å². The van der Waals surface area contributed by atoms with E-state index in [-0.39, 0.29) is 6.04 Å². The van der Waals surface area contributed by atoms with Crippen LogP contribution in [-0.2, 0) is 0 Å². The zero-order valence-corrected chi connectivity index (χ0v) is 10.2. The molecule has 3 nitrogen and oxygen atoms in total. The van der Waals surface area contributed by atoms with Gasteiger partial charge in [-0.05, 0) is 38.3 Å². The van der Waals surface area contributed by atoms with Crippen LogP contribution in [0.3, 0.4) is 0 Å². The van der Waals surface area contributed by atoms with Crippen molar-refractivity contribution in [2.45, 2.75) is 39.2 Å². The smallest absolute Gasteiger partial charge is 0.145 e. The molecule has 0 aliphatic heterocycles. The second-order valence-corrected chi connectivity index (χ2v) is 3.99. The van der Waals surface area contributed by atoms with E-state index in [9.17, 15) is 0 Å². The van der Waals surface area contributed by atoms with Gasteiger partial charge in [-0.1, -0.05) is 13.0 Å². The van der Waals surface area contributed by atoms with E-state index in [0.29, 0.717) is 0 Å². The molecule has 1 heterocycles. The fraction of sp³-hybridized carbons (Fsp3) is 0.538. The van der Waals surface area contributed by atoms with Crippen LogP contribution in [0, 0.1) is 6.92 Å². The number of hydrogen-bond acceptors (Lipinski definition) is 3. The van der Waals surface area contributed by atoms with E-state index in [2.05, 4.69) is 28.8 Å². The number of hydrogen-bond donors (Lipinski definition) is 1. The van der Waals surface area contributed by atoms with Crippen molar-refractivity contribution in [1.29, 1.82) is 0 Å². The Bertz CT molecular complexity index is 305. The predicted molar refractivity (Wildman–Crippen MR) is 67.2 cm³/mol. The van der Waals surface area contributed by atoms with Gasteiger partial charge >= 0.3 is 0 Å². The van der Waals surface area contributed by atoms with Crippen LogP contribution in [0.2, 0.25) is 0 Å². The Balaban J connectivity index is 2.66. The first kappa shape index (κ1) is 12.8. The Labute approximate surface area is 98.0 Å². The molecule has 0 spiro atoms. The Morgan fingerprint density at radius 1 is 1.44 bits per heavy atom. The topological polar surface area (TPSA) is 37.8 Å². The average molecular weight is 219 g/mol. The first-order valence-electron chi connectivity index (χ1n) is 5.90. The molecular formula is C13H21N3. The predicted octanol–water partition coefficient (Wildman–Crippen LogP) is 2.79. The molecule has 0 saturated carbocycles. The Kier molecular flexibility index (Phi) is 5.72. The van der Waals surface area contributed by atoms with Crippen LogP contribution < -0.4 is 5.32 Å². The molecule has 0 aromatic carbocycles. The van der Waals surface area contributed by atoms with E-state index >= 15 is 0 Å². The maximum atomic E-state index is 4.38. The van der Waals surface area contributed by atoms with Crippen molar-refractivity contribution in [3.05, 3.63) is 36.4 Å². The average Bonchev–Trinajstić information content (AvgIpc) is 2.31. The van der Waals surface area contributed by atoms with Gasteiger partial charge in [0.2, 0.25) is 0 Å². The fourth-order valence-corrected chi connectivity index (χ4v) is 1.51. The van der Waals surface area contributed by atoms with Crippen LogP contribution in [0.15, 0.2) is 25.0 Å². The van der Waals surface area contributed by atoms with E-state index in [0.717, 1.165) is 37.2 Å². The largest absolute Gasteiger partial charge is 0.307 e. The van der Waals surface area contributed by atoms with Gasteiger partial charge in [0.15, 0.2) is 0 Å². The molecule has 0 radical (unpaired) electrons. The standard InChI is InChI=1S/C13H21N3/c1-4-6-7-12(14-8-5-2)13-15-9-11(3)10-16-13/h4,9-10,12,14H,1,5-8H2,2-3H3. The highest BCUT2D eigenvalue weighted by Gasteiger charge is 2.11. The van der Waals surface area contributed by atoms with Crippen molar-refractivity contribution in [2.75, 3.05) is 6.54 Å². The maximum Gasteiger partial charge on any atom is 0.145 e. The summed E-state index contributed by atoms with van der Waals surface area (Å²) in [5, 5.41) is 3.47. The quantitative estimate of drug-likeness (QED) is 0.717. The normalized spacial score (nSPS) is 12.4. The molecule has 16 heavy (non-hydrogen) atoms. The van der Waals surface area contributed by atoms with E-state index < -0.39 is 0 Å². The summed E-state index contributed by atoms with van der Waals surface area (Å²) in [6, 6.07) is 0.249. The highest BCUT2D eigenvalue weighted by atomic mass is 15.0. The summed E-state index contributed by atoms with van der Waals surface area (Å²) in [6.07, 6.45) is 8.80. The van der Waals surface area contributed by atoms with Crippen molar-refractivity contribution in [3.8, 4) is 0 Å². The minimum Gasteiger partial charge on any atom is -0.307 e. The van der Waals surface area contributed by atoms with Crippen LogP contribution >= 0.6 is 0 Å². The molecule has 0 aliphatic carbocycles. The number of nitrogens with zero attached hydrogens (tertiary/aromatic N) is 2. The Morgan fingerprint density at radius 3 is 2.69 bits per heavy atom. The molecule has 1 atom stereocenters. The van der Waals surface area contributed by atoms with Crippen molar-refractivity contribution >= 4 is 0 Å². The summed E-state index contributed by atoms with van der Waals surface area (Å²) in [5.41, 5.74) is 1.10. The Hall–Kier alpha value is -1.22. The highest BCUT2D eigenvalue weighted by molar-refractivity contribution is 5.04. The van der Waals surface area contributed by atoms with E-state index in [1.807, 2.05) is 25.4 Å². The first-order chi connectivity index (χ1) is 7.77. The van der Waals surface area contributed by atoms with Gasteiger partial charge in [-0.2, -0.15) is 0 Å². The van der Waals surface area contributed by atoms with Gasteiger partial charge in [-0.3, -0.25) is 0 Å². The molecular weight excluding hydrogens is 198 g/mol. The highest BCUT2D eigenvalue weighted by Crippen LogP contribution is 2.14. The van der Waals surface area contributed by atoms with E-state index in [4.69, 9.17) is 0 Å². The lowest BCUT2D eigenvalue weighted by atomic mass is 10.1. The summed E-state index contributed by atoms with van der Waals surface area (Å²) >= 11 is 0. The van der Waals surface area contributed by atoms with Crippen LogP contribution in [0.4, 0.5) is 0 Å². The molecule has 1 N–H and O–H groups in total. The Morgan fingerprint density at radius 2 is 2.12 bits per heavy atom. The molecule has 0 aliphatic rings. The van der Waals surface area contributed by atoms with Gasteiger partial charge in [0.05, 0.1) is 6.04 Å². The SMILES string of the molecule is C=CCCC(NCCC)c1ncc(C)cn1. The second-order valence-electron chi connectivity index (χ2n) is 3.99. The van der Waals surface area contributed by atoms with Gasteiger partial charge in [0.25, 0.3) is 0 Å². The summed E-state index contributed by atoms with van der Waals surface area (Å²) in [5.74, 6) is 0.890. The zero-order valence-electron chi connectivity index (χ0n) is 10.2. The molecule has 0 bridgehead atoms. The van der Waals surface area contributed by atoms with Crippen molar-refractivity contribution in [3.63, 3.8) is 0 Å². The number of nitrogens with one attached hydrogen (secondary N) is 1. The summed E-state index contributed by atoms with van der Waals surface area (Å²) in [6.45, 7) is 8.91. The third-order valence-corrected chi connectivity index (χ3v) is 2.41. The lowest BCUT2D eigenvalue weighted by molar-refractivity contribution is 0.480. The third-order valence-electron chi connectivity index (χ3n) is 2.41. The third kappa shape index (κ3) is 4.11. The number of allylic oxidation sites excluding steroid dienone is 1. The molecule has 3 heteroatoms. The fourth-order valence-electron chi connectivity index (χ4n) is 1.51. The van der Waals surface area contributed by atoms with Gasteiger partial charge in [0, 0.05) is 12.4 Å². The summed E-state index contributed by atoms with van der Waals surface area (Å²) < 4.78 is 0. The maximum absolute atomic E-state index is 4.38. The minimum atomic E-state index is 0.249. The van der Waals surface area contributed by atoms with E-state index in [1.165, 1.54) is 0 Å². The number of rotatable bonds is 7. The number of aryl methyl sites for hydroxylation is 1. The number of aromatic nitrogens is 2. The molecule has 0 fully saturated rings. The molecule has 0 saturated heterocycles. The van der Waals surface area contributed by atoms with Crippen molar-refractivity contribution in [2.24, 2.45) is 0 Å². The lowest BCUT2D eigenvalue weighted by Gasteiger charge is -2.16. The van der Waals surface area contributed by atoms with Gasteiger partial charge < -0.3 is 5.32 Å². The molecule has 0 amide bonds. The zero-order chi connectivity index (χ0) is 11.8. The molecule has 88 valence electrons. The monoisotopic (exact) mass is 219 g/mol. The summed E-state index contributed by atoms with van der Waals surface area (Å²) in [4.78, 5) is 8.75. The minimum absolute atomic E-state index is 0.249. The summed E-state index contributed by atoms with van der Waals surface area (Å²) in [7, 11) is 0. The molecule has 1 aromatic rings. The van der Waals surface area contributed by atoms with Gasteiger partial charge in [-0.15, -0.1) is 6.58 Å². The van der Waals surface area contributed by atoms with Crippen LogP contribution in [0.1, 0.15) is 43.6 Å². The van der Waals surface area contributed by atoms with Crippen LogP contribution in [-0.4, -0.2) is 16.5 Å². The molecule has 1 aromatic heterocycles. The molecule has 1 unspecified atom stereocenters. The van der Waals surface area contributed by atoms with Gasteiger partial charge in [-0.25, -0.2) is 9.97 Å². The van der Waals surface area contributed by atoms with Gasteiger partial charge in [0.1, 0.15) is 5.82 Å². The van der Waals surface area contributed by atoms with Crippen LogP contribution in [0.5, 0.6) is 0 Å². The van der Waals surface area contributed by atoms with Crippen molar-refractivity contribution < 1.29 is 0 Å². The second kappa shape index (κ2) is 7.12. The lowest BCUT2D eigenvalue weighted by Crippen LogP contribution is -2.24. The molecule has 1 rings (SSSR count). The van der Waals surface area contributed by atoms with Crippen molar-refractivity contribution in [1.82, 2.24) is 15.3 Å². The first-order valence-corrected chi connectivity index (χ1v) is 5.90. The van der Waals surface area contributed by atoms with E-state index in [1.54, 1.807) is 0 Å².